The highest BCUT2D eigenvalue weighted by Gasteiger charge is 2.32. The van der Waals surface area contributed by atoms with Crippen LogP contribution in [-0.4, -0.2) is 36.1 Å². The SMILES string of the molecule is CN=C(NCCNc1nccc(C(F)(F)F)n1)NCc1cccc(C(F)(F)F)c1.I. The first kappa shape index (κ1) is 25.7. The second-order valence-corrected chi connectivity index (χ2v) is 5.74. The molecule has 0 spiro atoms. The molecule has 0 amide bonds. The lowest BCUT2D eigenvalue weighted by atomic mass is 10.1. The number of halogens is 7. The molecule has 6 nitrogen and oxygen atoms in total. The van der Waals surface area contributed by atoms with Crippen LogP contribution in [-0.2, 0) is 18.9 Å². The normalized spacial score (nSPS) is 12.2. The number of guanidine groups is 1. The average molecular weight is 548 g/mol. The van der Waals surface area contributed by atoms with Crippen LogP contribution in [0.1, 0.15) is 16.8 Å². The van der Waals surface area contributed by atoms with Crippen molar-refractivity contribution < 1.29 is 26.3 Å². The summed E-state index contributed by atoms with van der Waals surface area (Å²) in [7, 11) is 1.48. The zero-order valence-corrected chi connectivity index (χ0v) is 17.9. The summed E-state index contributed by atoms with van der Waals surface area (Å²) in [5.74, 6) is 0.141. The molecule has 0 unspecified atom stereocenters. The largest absolute Gasteiger partial charge is 0.433 e. The van der Waals surface area contributed by atoms with Gasteiger partial charge in [-0.25, -0.2) is 9.97 Å². The maximum Gasteiger partial charge on any atom is 0.433 e. The van der Waals surface area contributed by atoms with Crippen molar-refractivity contribution in [2.45, 2.75) is 18.9 Å². The van der Waals surface area contributed by atoms with Crippen molar-refractivity contribution in [2.75, 3.05) is 25.5 Å². The summed E-state index contributed by atoms with van der Waals surface area (Å²) in [5, 5.41) is 8.37. The predicted molar refractivity (Wildman–Crippen MR) is 111 cm³/mol. The van der Waals surface area contributed by atoms with Crippen LogP contribution in [0, 0.1) is 0 Å². The van der Waals surface area contributed by atoms with E-state index in [0.717, 1.165) is 24.4 Å². The summed E-state index contributed by atoms with van der Waals surface area (Å²) in [6, 6.07) is 5.64. The molecule has 166 valence electrons. The van der Waals surface area contributed by atoms with Crippen molar-refractivity contribution in [3.05, 3.63) is 53.3 Å². The highest BCUT2D eigenvalue weighted by molar-refractivity contribution is 14.0. The molecule has 2 rings (SSSR count). The van der Waals surface area contributed by atoms with Gasteiger partial charge in [0.2, 0.25) is 5.95 Å². The van der Waals surface area contributed by atoms with Crippen molar-refractivity contribution in [1.29, 1.82) is 0 Å². The number of benzene rings is 1. The molecule has 13 heteroatoms. The third-order valence-electron chi connectivity index (χ3n) is 3.58. The van der Waals surface area contributed by atoms with Gasteiger partial charge in [0.05, 0.1) is 5.56 Å². The highest BCUT2D eigenvalue weighted by atomic mass is 127. The van der Waals surface area contributed by atoms with Gasteiger partial charge in [-0.15, -0.1) is 24.0 Å². The van der Waals surface area contributed by atoms with E-state index in [1.165, 1.54) is 13.1 Å². The van der Waals surface area contributed by atoms with Gasteiger partial charge in [-0.1, -0.05) is 12.1 Å². The van der Waals surface area contributed by atoms with E-state index < -0.39 is 23.6 Å². The Kier molecular flexibility index (Phi) is 9.58. The van der Waals surface area contributed by atoms with Gasteiger partial charge in [-0.2, -0.15) is 26.3 Å². The molecule has 0 saturated heterocycles. The topological polar surface area (TPSA) is 74.2 Å². The van der Waals surface area contributed by atoms with E-state index in [1.54, 1.807) is 6.07 Å². The number of alkyl halides is 6. The third kappa shape index (κ3) is 8.20. The highest BCUT2D eigenvalue weighted by Crippen LogP contribution is 2.29. The van der Waals surface area contributed by atoms with E-state index >= 15 is 0 Å². The average Bonchev–Trinajstić information content (AvgIpc) is 2.66. The van der Waals surface area contributed by atoms with Gasteiger partial charge in [0, 0.05) is 32.9 Å². The molecule has 0 aliphatic heterocycles. The fourth-order valence-electron chi connectivity index (χ4n) is 2.22. The molecule has 0 atom stereocenters. The van der Waals surface area contributed by atoms with E-state index in [4.69, 9.17) is 0 Å². The molecular formula is C17H19F6IN6. The second-order valence-electron chi connectivity index (χ2n) is 5.74. The minimum atomic E-state index is -4.56. The molecule has 2 aromatic rings. The minimum absolute atomic E-state index is 0. The Morgan fingerprint density at radius 1 is 1.00 bits per heavy atom. The second kappa shape index (κ2) is 11.2. The van der Waals surface area contributed by atoms with Crippen LogP contribution < -0.4 is 16.0 Å². The lowest BCUT2D eigenvalue weighted by Crippen LogP contribution is -2.39. The molecule has 3 N–H and O–H groups in total. The zero-order chi connectivity index (χ0) is 21.5. The fourth-order valence-corrected chi connectivity index (χ4v) is 2.22. The minimum Gasteiger partial charge on any atom is -0.355 e. The molecule has 0 saturated carbocycles. The quantitative estimate of drug-likeness (QED) is 0.168. The number of nitrogens with zero attached hydrogens (tertiary/aromatic N) is 3. The van der Waals surface area contributed by atoms with E-state index in [2.05, 4.69) is 30.9 Å². The number of hydrogen-bond acceptors (Lipinski definition) is 4. The standard InChI is InChI=1S/C17H18F6N6.HI/c1-24-14(28-10-11-3-2-4-12(9-11)16(18,19)20)26-7-8-27-15-25-6-5-13(29-15)17(21,22)23;/h2-6,9H,7-8,10H2,1H3,(H2,24,26,28)(H,25,27,29);1H. The van der Waals surface area contributed by atoms with Crippen molar-refractivity contribution in [1.82, 2.24) is 20.6 Å². The lowest BCUT2D eigenvalue weighted by Gasteiger charge is -2.14. The first-order valence-corrected chi connectivity index (χ1v) is 8.34. The third-order valence-corrected chi connectivity index (χ3v) is 3.58. The van der Waals surface area contributed by atoms with Gasteiger partial charge < -0.3 is 16.0 Å². The number of aromatic nitrogens is 2. The smallest absolute Gasteiger partial charge is 0.355 e. The Morgan fingerprint density at radius 2 is 1.73 bits per heavy atom. The van der Waals surface area contributed by atoms with E-state index in [0.29, 0.717) is 11.5 Å². The molecule has 1 aromatic carbocycles. The molecule has 0 aliphatic rings. The Hall–Kier alpha value is -2.32. The number of hydrogen-bond donors (Lipinski definition) is 3. The van der Waals surface area contributed by atoms with E-state index in [9.17, 15) is 26.3 Å². The van der Waals surface area contributed by atoms with Crippen molar-refractivity contribution in [3.63, 3.8) is 0 Å². The molecule has 0 fully saturated rings. The summed E-state index contributed by atoms with van der Waals surface area (Å²) in [4.78, 5) is 11.0. The summed E-state index contributed by atoms with van der Waals surface area (Å²) in [5.41, 5.74) is -1.38. The molecule has 1 aromatic heterocycles. The number of nitrogens with one attached hydrogen (secondary N) is 3. The van der Waals surface area contributed by atoms with Crippen LogP contribution >= 0.6 is 24.0 Å². The van der Waals surface area contributed by atoms with Crippen LogP contribution in [0.2, 0.25) is 0 Å². The van der Waals surface area contributed by atoms with Gasteiger partial charge in [0.25, 0.3) is 0 Å². The van der Waals surface area contributed by atoms with E-state index in [-0.39, 0.29) is 49.6 Å². The summed E-state index contributed by atoms with van der Waals surface area (Å²) in [6.07, 6.45) is -7.98. The summed E-state index contributed by atoms with van der Waals surface area (Å²) >= 11 is 0. The number of aliphatic imine (C=N–C) groups is 1. The Labute approximate surface area is 185 Å². The van der Waals surface area contributed by atoms with Gasteiger partial charge >= 0.3 is 12.4 Å². The van der Waals surface area contributed by atoms with Crippen LogP contribution in [0.5, 0.6) is 0 Å². The van der Waals surface area contributed by atoms with Crippen molar-refractivity contribution >= 4 is 35.9 Å². The van der Waals surface area contributed by atoms with Crippen molar-refractivity contribution in [2.24, 2.45) is 4.99 Å². The van der Waals surface area contributed by atoms with Crippen LogP contribution in [0.4, 0.5) is 32.3 Å². The molecule has 0 bridgehead atoms. The molecule has 1 heterocycles. The maximum absolute atomic E-state index is 12.7. The summed E-state index contributed by atoms with van der Waals surface area (Å²) in [6.45, 7) is 0.543. The molecule has 0 aliphatic carbocycles. The number of anilines is 1. The molecule has 30 heavy (non-hydrogen) atoms. The maximum atomic E-state index is 12.7. The Bertz CT molecular complexity index is 840. The fraction of sp³-hybridized carbons (Fsp3) is 0.353. The zero-order valence-electron chi connectivity index (χ0n) is 15.6. The first-order valence-electron chi connectivity index (χ1n) is 8.34. The van der Waals surface area contributed by atoms with Crippen LogP contribution in [0.25, 0.3) is 0 Å². The van der Waals surface area contributed by atoms with Gasteiger partial charge in [0.1, 0.15) is 5.69 Å². The Balaban J connectivity index is 0.00000450. The predicted octanol–water partition coefficient (Wildman–Crippen LogP) is 3.91. The van der Waals surface area contributed by atoms with Gasteiger partial charge in [-0.3, -0.25) is 4.99 Å². The first-order chi connectivity index (χ1) is 13.6. The lowest BCUT2D eigenvalue weighted by molar-refractivity contribution is -0.141. The van der Waals surface area contributed by atoms with Crippen LogP contribution in [0.3, 0.4) is 0 Å². The summed E-state index contributed by atoms with van der Waals surface area (Å²) < 4.78 is 76.0. The Morgan fingerprint density at radius 3 is 2.37 bits per heavy atom. The van der Waals surface area contributed by atoms with E-state index in [1.807, 2.05) is 0 Å². The van der Waals surface area contributed by atoms with Crippen molar-refractivity contribution in [3.8, 4) is 0 Å². The molecular weight excluding hydrogens is 529 g/mol. The van der Waals surface area contributed by atoms with Crippen LogP contribution in [0.15, 0.2) is 41.5 Å². The van der Waals surface area contributed by atoms with Gasteiger partial charge in [0.15, 0.2) is 5.96 Å². The monoisotopic (exact) mass is 548 g/mol. The number of rotatable bonds is 6. The van der Waals surface area contributed by atoms with Gasteiger partial charge in [-0.05, 0) is 23.8 Å². The molecule has 0 radical (unpaired) electrons.